The molecule has 1 aromatic heterocycles. The predicted molar refractivity (Wildman–Crippen MR) is 107 cm³/mol. The monoisotopic (exact) mass is 410 g/mol. The van der Waals surface area contributed by atoms with Gasteiger partial charge in [-0.1, -0.05) is 18.7 Å². The van der Waals surface area contributed by atoms with Crippen molar-refractivity contribution in [2.45, 2.75) is 49.7 Å². The molecule has 2 aromatic rings. The van der Waals surface area contributed by atoms with E-state index in [1.54, 1.807) is 6.07 Å². The van der Waals surface area contributed by atoms with Crippen molar-refractivity contribution in [3.63, 3.8) is 0 Å². The van der Waals surface area contributed by atoms with Crippen molar-refractivity contribution in [3.05, 3.63) is 18.2 Å². The molecule has 1 aliphatic carbocycles. The smallest absolute Gasteiger partial charge is 0.238 e. The lowest BCUT2D eigenvalue weighted by molar-refractivity contribution is -0.128. The predicted octanol–water partition coefficient (Wildman–Crippen LogP) is 2.44. The van der Waals surface area contributed by atoms with Gasteiger partial charge in [0.15, 0.2) is 5.16 Å². The number of benzene rings is 1. The number of nitrogens with two attached hydrogens (primary N) is 1. The topological polar surface area (TPSA) is 98.3 Å². The van der Waals surface area contributed by atoms with Gasteiger partial charge in [0.1, 0.15) is 0 Å². The van der Waals surface area contributed by atoms with E-state index < -0.39 is 10.0 Å². The maximum atomic E-state index is 12.6. The summed E-state index contributed by atoms with van der Waals surface area (Å²) in [6, 6.07) is 4.69. The number of hydrogen-bond acceptors (Lipinski definition) is 5. The first-order valence-electron chi connectivity index (χ1n) is 9.27. The van der Waals surface area contributed by atoms with E-state index in [1.807, 2.05) is 16.4 Å². The van der Waals surface area contributed by atoms with E-state index in [0.717, 1.165) is 30.2 Å². The molecule has 7 nitrogen and oxygen atoms in total. The number of hydrogen-bond donors (Lipinski definition) is 1. The fourth-order valence-corrected chi connectivity index (χ4v) is 4.61. The number of thioether (sulfide) groups is 1. The van der Waals surface area contributed by atoms with Crippen molar-refractivity contribution in [3.8, 4) is 0 Å². The Morgan fingerprint density at radius 3 is 2.70 bits per heavy atom. The van der Waals surface area contributed by atoms with Crippen molar-refractivity contribution in [1.29, 1.82) is 0 Å². The van der Waals surface area contributed by atoms with E-state index in [9.17, 15) is 13.2 Å². The molecule has 1 aliphatic rings. The number of aryl methyl sites for hydroxylation is 1. The largest absolute Gasteiger partial charge is 0.342 e. The molecule has 0 aliphatic heterocycles. The minimum absolute atomic E-state index is 0.0435. The van der Waals surface area contributed by atoms with Crippen LogP contribution >= 0.6 is 11.8 Å². The minimum atomic E-state index is -3.77. The summed E-state index contributed by atoms with van der Waals surface area (Å²) in [7, 11) is -3.77. The maximum Gasteiger partial charge on any atom is 0.238 e. The van der Waals surface area contributed by atoms with E-state index in [2.05, 4.69) is 11.9 Å². The fourth-order valence-electron chi connectivity index (χ4n) is 3.10. The molecule has 1 amide bonds. The first kappa shape index (κ1) is 20.2. The van der Waals surface area contributed by atoms with Gasteiger partial charge in [0.25, 0.3) is 0 Å². The molecule has 0 saturated heterocycles. The van der Waals surface area contributed by atoms with Crippen LogP contribution in [0.2, 0.25) is 0 Å². The van der Waals surface area contributed by atoms with Crippen LogP contribution in [0.4, 0.5) is 0 Å². The molecule has 2 N–H and O–H groups in total. The van der Waals surface area contributed by atoms with Gasteiger partial charge in [0.05, 0.1) is 21.7 Å². The molecule has 0 bridgehead atoms. The Kier molecular flexibility index (Phi) is 6.12. The number of nitrogens with zero attached hydrogens (tertiary/aromatic N) is 3. The number of sulfonamides is 1. The van der Waals surface area contributed by atoms with Crippen molar-refractivity contribution >= 4 is 38.7 Å². The second kappa shape index (κ2) is 8.20. The first-order valence-corrected chi connectivity index (χ1v) is 11.8. The first-order chi connectivity index (χ1) is 12.8. The Bertz CT molecular complexity index is 935. The molecule has 1 fully saturated rings. The van der Waals surface area contributed by atoms with Gasteiger partial charge in [0, 0.05) is 19.6 Å². The number of carbonyl (C=O) groups excluding carboxylic acids is 1. The molecule has 3 rings (SSSR count). The molecule has 1 heterocycles. The normalized spacial score (nSPS) is 14.6. The Balaban J connectivity index is 1.78. The van der Waals surface area contributed by atoms with E-state index in [0.29, 0.717) is 23.7 Å². The van der Waals surface area contributed by atoms with Gasteiger partial charge in [-0.2, -0.15) is 0 Å². The van der Waals surface area contributed by atoms with Crippen molar-refractivity contribution in [2.24, 2.45) is 11.1 Å². The summed E-state index contributed by atoms with van der Waals surface area (Å²) in [6.07, 6.45) is 3.39. The SMILES string of the molecule is CCCN(CC1CC1)C(=O)CSc1nc2cc(S(N)(=O)=O)ccc2n1CC. The number of imidazole rings is 1. The highest BCUT2D eigenvalue weighted by atomic mass is 32.2. The molecular weight excluding hydrogens is 384 g/mol. The second-order valence-corrected chi connectivity index (χ2v) is 9.41. The Labute approximate surface area is 164 Å². The molecular formula is C18H26N4O3S2. The van der Waals surface area contributed by atoms with Crippen molar-refractivity contribution in [2.75, 3.05) is 18.8 Å². The van der Waals surface area contributed by atoms with Crippen LogP contribution in [0.5, 0.6) is 0 Å². The summed E-state index contributed by atoms with van der Waals surface area (Å²) in [5, 5.41) is 5.93. The molecule has 0 radical (unpaired) electrons. The van der Waals surface area contributed by atoms with Crippen LogP contribution in [0.25, 0.3) is 11.0 Å². The highest BCUT2D eigenvalue weighted by Crippen LogP contribution is 2.30. The van der Waals surface area contributed by atoms with E-state index in [4.69, 9.17) is 5.14 Å². The summed E-state index contributed by atoms with van der Waals surface area (Å²) in [5.74, 6) is 1.13. The summed E-state index contributed by atoms with van der Waals surface area (Å²) in [6.45, 7) is 6.41. The van der Waals surface area contributed by atoms with Gasteiger partial charge in [-0.3, -0.25) is 4.79 Å². The molecule has 0 spiro atoms. The lowest BCUT2D eigenvalue weighted by atomic mass is 10.3. The van der Waals surface area contributed by atoms with Crippen molar-refractivity contribution < 1.29 is 13.2 Å². The van der Waals surface area contributed by atoms with Crippen LogP contribution in [0.1, 0.15) is 33.1 Å². The zero-order valence-electron chi connectivity index (χ0n) is 15.7. The van der Waals surface area contributed by atoms with Gasteiger partial charge in [-0.25, -0.2) is 18.5 Å². The highest BCUT2D eigenvalue weighted by molar-refractivity contribution is 7.99. The van der Waals surface area contributed by atoms with Crippen LogP contribution in [0, 0.1) is 5.92 Å². The third-order valence-corrected chi connectivity index (χ3v) is 6.55. The molecule has 0 unspecified atom stereocenters. The summed E-state index contributed by atoms with van der Waals surface area (Å²) in [5.41, 5.74) is 1.41. The lowest BCUT2D eigenvalue weighted by Crippen LogP contribution is -2.35. The van der Waals surface area contributed by atoms with Gasteiger partial charge in [-0.15, -0.1) is 0 Å². The number of primary sulfonamides is 1. The zero-order chi connectivity index (χ0) is 19.6. The number of aromatic nitrogens is 2. The van der Waals surface area contributed by atoms with Gasteiger partial charge >= 0.3 is 0 Å². The standard InChI is InChI=1S/C18H26N4O3S2/c1-3-9-21(11-13-5-6-13)17(23)12-26-18-20-15-10-14(27(19,24)25)7-8-16(15)22(18)4-2/h7-8,10,13H,3-6,9,11-12H2,1-2H3,(H2,19,24,25). The minimum Gasteiger partial charge on any atom is -0.342 e. The third kappa shape index (κ3) is 4.83. The molecule has 1 aromatic carbocycles. The van der Waals surface area contributed by atoms with E-state index in [-0.39, 0.29) is 10.8 Å². The van der Waals surface area contributed by atoms with E-state index >= 15 is 0 Å². The average molecular weight is 411 g/mol. The Morgan fingerprint density at radius 1 is 1.37 bits per heavy atom. The van der Waals surface area contributed by atoms with Crippen molar-refractivity contribution in [1.82, 2.24) is 14.5 Å². The number of amides is 1. The maximum absolute atomic E-state index is 12.6. The van der Waals surface area contributed by atoms with Crippen LogP contribution in [-0.4, -0.2) is 47.6 Å². The van der Waals surface area contributed by atoms with Gasteiger partial charge < -0.3 is 9.47 Å². The van der Waals surface area contributed by atoms with Crippen LogP contribution < -0.4 is 5.14 Å². The summed E-state index contributed by atoms with van der Waals surface area (Å²) in [4.78, 5) is 19.2. The van der Waals surface area contributed by atoms with E-state index in [1.165, 1.54) is 36.7 Å². The Morgan fingerprint density at radius 2 is 2.11 bits per heavy atom. The summed E-state index contributed by atoms with van der Waals surface area (Å²) < 4.78 is 25.1. The highest BCUT2D eigenvalue weighted by Gasteiger charge is 2.26. The molecule has 148 valence electrons. The number of carbonyl (C=O) groups is 1. The summed E-state index contributed by atoms with van der Waals surface area (Å²) >= 11 is 1.40. The number of fused-ring (bicyclic) bond motifs is 1. The van der Waals surface area contributed by atoms with Gasteiger partial charge in [-0.05, 0) is 50.3 Å². The molecule has 27 heavy (non-hydrogen) atoms. The molecule has 9 heteroatoms. The Hall–Kier alpha value is -1.58. The van der Waals surface area contributed by atoms with Gasteiger partial charge in [0.2, 0.25) is 15.9 Å². The molecule has 1 saturated carbocycles. The second-order valence-electron chi connectivity index (χ2n) is 6.91. The fraction of sp³-hybridized carbons (Fsp3) is 0.556. The zero-order valence-corrected chi connectivity index (χ0v) is 17.4. The average Bonchev–Trinajstić information content (AvgIpc) is 3.36. The van der Waals surface area contributed by atoms with Crippen LogP contribution in [0.3, 0.4) is 0 Å². The number of rotatable bonds is 9. The lowest BCUT2D eigenvalue weighted by Gasteiger charge is -2.21. The van der Waals surface area contributed by atoms with Crippen LogP contribution in [-0.2, 0) is 21.4 Å². The van der Waals surface area contributed by atoms with Crippen LogP contribution in [0.15, 0.2) is 28.3 Å². The quantitative estimate of drug-likeness (QED) is 0.640. The molecule has 0 atom stereocenters. The third-order valence-electron chi connectivity index (χ3n) is 4.68.